The molecular formula is C17H20N2O3. The van der Waals surface area contributed by atoms with Crippen LogP contribution in [-0.2, 0) is 9.59 Å². The Kier molecular flexibility index (Phi) is 6.33. The van der Waals surface area contributed by atoms with Gasteiger partial charge in [-0.05, 0) is 38.5 Å². The van der Waals surface area contributed by atoms with E-state index >= 15 is 0 Å². The van der Waals surface area contributed by atoms with Crippen LogP contribution in [0, 0.1) is 17.2 Å². The van der Waals surface area contributed by atoms with E-state index in [1.807, 2.05) is 18.2 Å². The molecule has 5 heteroatoms. The van der Waals surface area contributed by atoms with Crippen molar-refractivity contribution in [1.29, 1.82) is 5.26 Å². The fourth-order valence-corrected chi connectivity index (χ4v) is 1.96. The number of rotatable bonds is 6. The maximum Gasteiger partial charge on any atom is 0.245 e. The maximum absolute atomic E-state index is 12.2. The van der Waals surface area contributed by atoms with Gasteiger partial charge in [0.05, 0.1) is 13.2 Å². The lowest BCUT2D eigenvalue weighted by atomic mass is 9.99. The summed E-state index contributed by atoms with van der Waals surface area (Å²) in [5, 5.41) is 11.7. The van der Waals surface area contributed by atoms with Gasteiger partial charge in [-0.15, -0.1) is 0 Å². The van der Waals surface area contributed by atoms with Gasteiger partial charge in [-0.3, -0.25) is 9.59 Å². The number of allylic oxidation sites excluding steroid dienone is 2. The summed E-state index contributed by atoms with van der Waals surface area (Å²) in [7, 11) is 1.54. The summed E-state index contributed by atoms with van der Waals surface area (Å²) in [4.78, 5) is 24.0. The van der Waals surface area contributed by atoms with Gasteiger partial charge >= 0.3 is 0 Å². The molecule has 22 heavy (non-hydrogen) atoms. The number of para-hydroxylation sites is 1. The van der Waals surface area contributed by atoms with Crippen LogP contribution >= 0.6 is 0 Å². The third kappa shape index (κ3) is 4.45. The molecule has 0 aromatic heterocycles. The van der Waals surface area contributed by atoms with E-state index in [0.29, 0.717) is 11.3 Å². The van der Waals surface area contributed by atoms with Crippen molar-refractivity contribution in [2.24, 2.45) is 5.92 Å². The Morgan fingerprint density at radius 3 is 2.50 bits per heavy atom. The third-order valence-corrected chi connectivity index (χ3v) is 3.00. The van der Waals surface area contributed by atoms with Crippen LogP contribution < -0.4 is 10.1 Å². The summed E-state index contributed by atoms with van der Waals surface area (Å²) in [5.41, 5.74) is 1.39. The molecule has 0 unspecified atom stereocenters. The van der Waals surface area contributed by atoms with Crippen LogP contribution in [0.4, 0.5) is 0 Å². The Morgan fingerprint density at radius 1 is 1.32 bits per heavy atom. The number of ketones is 1. The van der Waals surface area contributed by atoms with Gasteiger partial charge in [0.25, 0.3) is 0 Å². The second-order valence-electron chi connectivity index (χ2n) is 5.16. The summed E-state index contributed by atoms with van der Waals surface area (Å²) < 4.78 is 5.24. The second-order valence-corrected chi connectivity index (χ2v) is 5.16. The first kappa shape index (κ1) is 17.4. The minimum atomic E-state index is -1.34. The van der Waals surface area contributed by atoms with E-state index in [0.717, 1.165) is 5.56 Å². The number of carbonyl (C=O) groups excluding carboxylic acids is 2. The molecule has 0 aliphatic heterocycles. The monoisotopic (exact) mass is 300 g/mol. The summed E-state index contributed by atoms with van der Waals surface area (Å²) in [6.45, 7) is 5.28. The molecule has 1 rings (SSSR count). The van der Waals surface area contributed by atoms with Gasteiger partial charge in [0, 0.05) is 11.6 Å². The Bertz CT molecular complexity index is 627. The highest BCUT2D eigenvalue weighted by Gasteiger charge is 2.25. The molecule has 0 aliphatic carbocycles. The van der Waals surface area contributed by atoms with Crippen molar-refractivity contribution in [3.05, 3.63) is 35.9 Å². The van der Waals surface area contributed by atoms with E-state index in [-0.39, 0.29) is 6.04 Å². The minimum absolute atomic E-state index is 0.129. The Hall–Kier alpha value is -2.61. The van der Waals surface area contributed by atoms with Crippen molar-refractivity contribution >= 4 is 17.3 Å². The van der Waals surface area contributed by atoms with Gasteiger partial charge in [0.1, 0.15) is 5.75 Å². The van der Waals surface area contributed by atoms with Gasteiger partial charge < -0.3 is 10.1 Å². The highest BCUT2D eigenvalue weighted by Crippen LogP contribution is 2.25. The van der Waals surface area contributed by atoms with Crippen LogP contribution in [0.15, 0.2) is 30.3 Å². The van der Waals surface area contributed by atoms with Crippen molar-refractivity contribution < 1.29 is 14.3 Å². The van der Waals surface area contributed by atoms with Crippen molar-refractivity contribution in [1.82, 2.24) is 5.32 Å². The molecule has 1 aromatic carbocycles. The third-order valence-electron chi connectivity index (χ3n) is 3.00. The highest BCUT2D eigenvalue weighted by molar-refractivity contribution is 6.11. The van der Waals surface area contributed by atoms with Gasteiger partial charge in [-0.2, -0.15) is 5.26 Å². The number of nitrogens with one attached hydrogen (secondary N) is 1. The number of nitrogens with zero attached hydrogens (tertiary/aromatic N) is 1. The summed E-state index contributed by atoms with van der Waals surface area (Å²) in [5.74, 6) is -1.83. The van der Waals surface area contributed by atoms with Crippen LogP contribution in [0.2, 0.25) is 0 Å². The number of nitriles is 1. The molecule has 1 N–H and O–H groups in total. The summed E-state index contributed by atoms with van der Waals surface area (Å²) >= 11 is 0. The number of benzene rings is 1. The molecule has 1 atom stereocenters. The highest BCUT2D eigenvalue weighted by atomic mass is 16.5. The fourth-order valence-electron chi connectivity index (χ4n) is 1.96. The van der Waals surface area contributed by atoms with E-state index in [4.69, 9.17) is 10.00 Å². The molecule has 0 aliphatic rings. The van der Waals surface area contributed by atoms with Crippen molar-refractivity contribution in [3.63, 3.8) is 0 Å². The molecule has 0 saturated heterocycles. The number of carbonyl (C=O) groups is 2. The van der Waals surface area contributed by atoms with Crippen molar-refractivity contribution in [2.45, 2.75) is 26.8 Å². The van der Waals surface area contributed by atoms with E-state index in [2.05, 4.69) is 5.32 Å². The largest absolute Gasteiger partial charge is 0.496 e. The molecule has 0 radical (unpaired) electrons. The van der Waals surface area contributed by atoms with E-state index < -0.39 is 17.6 Å². The topological polar surface area (TPSA) is 79.2 Å². The molecule has 116 valence electrons. The van der Waals surface area contributed by atoms with E-state index in [9.17, 15) is 9.59 Å². The van der Waals surface area contributed by atoms with Crippen LogP contribution in [0.5, 0.6) is 5.75 Å². The quantitative estimate of drug-likeness (QED) is 0.646. The predicted octanol–water partition coefficient (Wildman–Crippen LogP) is 2.33. The van der Waals surface area contributed by atoms with E-state index in [1.165, 1.54) is 6.08 Å². The zero-order valence-corrected chi connectivity index (χ0v) is 13.2. The number of amides is 1. The van der Waals surface area contributed by atoms with Crippen molar-refractivity contribution in [2.75, 3.05) is 7.11 Å². The zero-order valence-electron chi connectivity index (χ0n) is 13.2. The van der Waals surface area contributed by atoms with Crippen LogP contribution in [0.1, 0.15) is 26.3 Å². The van der Waals surface area contributed by atoms with Gasteiger partial charge in [0.15, 0.2) is 11.7 Å². The average molecular weight is 300 g/mol. The first-order valence-corrected chi connectivity index (χ1v) is 6.96. The SMILES string of the molecule is COc1ccccc1/C(C)=C\C(=O)[C@@H](C#N)C(=O)NC(C)C. The predicted molar refractivity (Wildman–Crippen MR) is 84.0 cm³/mol. The second kappa shape index (κ2) is 7.99. The Labute approximate surface area is 130 Å². The van der Waals surface area contributed by atoms with Gasteiger partial charge in [0.2, 0.25) is 5.91 Å². The maximum atomic E-state index is 12.2. The Balaban J connectivity index is 3.02. The van der Waals surface area contributed by atoms with Crippen LogP contribution in [-0.4, -0.2) is 24.8 Å². The molecule has 0 saturated carbocycles. The van der Waals surface area contributed by atoms with E-state index in [1.54, 1.807) is 40.0 Å². The number of ether oxygens (including phenoxy) is 1. The molecule has 0 heterocycles. The Morgan fingerprint density at radius 2 is 1.95 bits per heavy atom. The molecule has 0 fully saturated rings. The summed E-state index contributed by atoms with van der Waals surface area (Å²) in [6, 6.07) is 8.87. The zero-order chi connectivity index (χ0) is 16.7. The first-order chi connectivity index (χ1) is 10.4. The molecule has 0 spiro atoms. The lowest BCUT2D eigenvalue weighted by Gasteiger charge is -2.12. The standard InChI is InChI=1S/C17H20N2O3/c1-11(2)19-17(21)14(10-18)15(20)9-12(3)13-7-5-6-8-16(13)22-4/h5-9,11,14H,1-4H3,(H,19,21)/b12-9-/t14-/m1/s1. The normalized spacial score (nSPS) is 12.5. The van der Waals surface area contributed by atoms with Crippen molar-refractivity contribution in [3.8, 4) is 11.8 Å². The van der Waals surface area contributed by atoms with Crippen LogP contribution in [0.25, 0.3) is 5.57 Å². The molecule has 5 nitrogen and oxygen atoms in total. The smallest absolute Gasteiger partial charge is 0.245 e. The molecular weight excluding hydrogens is 280 g/mol. The minimum Gasteiger partial charge on any atom is -0.496 e. The first-order valence-electron chi connectivity index (χ1n) is 6.96. The lowest BCUT2D eigenvalue weighted by molar-refractivity contribution is -0.129. The average Bonchev–Trinajstić information content (AvgIpc) is 2.46. The van der Waals surface area contributed by atoms with Gasteiger partial charge in [-0.25, -0.2) is 0 Å². The number of hydrogen-bond donors (Lipinski definition) is 1. The molecule has 1 amide bonds. The molecule has 1 aromatic rings. The number of hydrogen-bond acceptors (Lipinski definition) is 4. The summed E-state index contributed by atoms with van der Waals surface area (Å²) in [6.07, 6.45) is 1.31. The lowest BCUT2D eigenvalue weighted by Crippen LogP contribution is -2.38. The van der Waals surface area contributed by atoms with Crippen LogP contribution in [0.3, 0.4) is 0 Å². The molecule has 0 bridgehead atoms. The fraction of sp³-hybridized carbons (Fsp3) is 0.353. The van der Waals surface area contributed by atoms with Gasteiger partial charge in [-0.1, -0.05) is 18.2 Å². The number of methoxy groups -OCH3 is 1.